The van der Waals surface area contributed by atoms with Gasteiger partial charge in [0.25, 0.3) is 5.56 Å². The van der Waals surface area contributed by atoms with Crippen LogP contribution in [0.25, 0.3) is 10.9 Å². The summed E-state index contributed by atoms with van der Waals surface area (Å²) in [6.45, 7) is 1.35. The fourth-order valence-corrected chi connectivity index (χ4v) is 2.04. The Balaban J connectivity index is 2.88. The molecule has 88 valence electrons. The Morgan fingerprint density at radius 1 is 1.35 bits per heavy atom. The largest absolute Gasteiger partial charge is 0.424 e. The molecular weight excluding hydrogens is 238 g/mol. The van der Waals surface area contributed by atoms with Gasteiger partial charge in [0.05, 0.1) is 17.6 Å². The van der Waals surface area contributed by atoms with Gasteiger partial charge >= 0.3 is 0 Å². The number of hydrogen-bond donors (Lipinski definition) is 1. The number of aromatic nitrogens is 1. The van der Waals surface area contributed by atoms with Gasteiger partial charge in [0.2, 0.25) is 0 Å². The molecule has 0 saturated carbocycles. The lowest BCUT2D eigenvalue weighted by Gasteiger charge is -2.09. The number of carbonyl (C=O) groups excluding carboxylic acids is 1. The molecule has 1 aromatic carbocycles. The van der Waals surface area contributed by atoms with E-state index < -0.39 is 5.56 Å². The third-order valence-corrected chi connectivity index (χ3v) is 2.73. The molecule has 0 aliphatic rings. The highest BCUT2D eigenvalue weighted by Gasteiger charge is 2.17. The number of Topliss-reactive ketones (excluding diaryl/α,β-unsaturated/α-hetero) is 1. The molecule has 1 N–H and O–H groups in total. The first-order valence-electron chi connectivity index (χ1n) is 5.01. The number of ketones is 1. The number of hydrogen-bond acceptors (Lipinski definition) is 4. The highest BCUT2D eigenvalue weighted by atomic mass is 32.2. The van der Waals surface area contributed by atoms with Crippen molar-refractivity contribution in [2.75, 3.05) is 6.26 Å². The summed E-state index contributed by atoms with van der Waals surface area (Å²) in [4.78, 5) is 26.0. The smallest absolute Gasteiger partial charge is 0.263 e. The van der Waals surface area contributed by atoms with E-state index in [1.807, 2.05) is 18.2 Å². The third kappa shape index (κ3) is 2.06. The molecule has 0 aliphatic carbocycles. The molecule has 1 heterocycles. The number of carbonyl (C=O) groups is 1. The summed E-state index contributed by atoms with van der Waals surface area (Å²) < 4.78 is 5.37. The standard InChI is InChI=1S/C12H11NO3S/c1-7(14)10-11(16-17-2)8-5-3-4-6-9(8)13-12(10)15/h3-6H,1-2H3,(H,13,15). The van der Waals surface area contributed by atoms with Crippen LogP contribution in [-0.2, 0) is 0 Å². The zero-order valence-corrected chi connectivity index (χ0v) is 10.3. The van der Waals surface area contributed by atoms with Crippen LogP contribution in [0.5, 0.6) is 5.75 Å². The van der Waals surface area contributed by atoms with E-state index in [0.717, 1.165) is 17.4 Å². The van der Waals surface area contributed by atoms with Crippen LogP contribution in [0.4, 0.5) is 0 Å². The summed E-state index contributed by atoms with van der Waals surface area (Å²) >= 11 is 1.10. The lowest BCUT2D eigenvalue weighted by Crippen LogP contribution is -2.17. The summed E-state index contributed by atoms with van der Waals surface area (Å²) in [5.41, 5.74) is 0.310. The van der Waals surface area contributed by atoms with Crippen LogP contribution < -0.4 is 9.74 Å². The summed E-state index contributed by atoms with van der Waals surface area (Å²) in [5.74, 6) is 0.0328. The number of pyridine rings is 1. The monoisotopic (exact) mass is 249 g/mol. The van der Waals surface area contributed by atoms with Gasteiger partial charge in [0, 0.05) is 11.6 Å². The SMILES string of the molecule is CSOc1c(C(C)=O)c(=O)[nH]c2ccccc12. The van der Waals surface area contributed by atoms with Gasteiger partial charge in [0.1, 0.15) is 5.56 Å². The van der Waals surface area contributed by atoms with Crippen molar-refractivity contribution >= 4 is 28.7 Å². The Kier molecular flexibility index (Phi) is 3.19. The molecule has 2 aromatic rings. The third-order valence-electron chi connectivity index (χ3n) is 2.39. The molecule has 5 heteroatoms. The summed E-state index contributed by atoms with van der Waals surface area (Å²) in [6, 6.07) is 7.23. The number of aromatic amines is 1. The highest BCUT2D eigenvalue weighted by Crippen LogP contribution is 2.28. The maximum atomic E-state index is 11.8. The molecule has 0 radical (unpaired) electrons. The number of para-hydroxylation sites is 1. The van der Waals surface area contributed by atoms with E-state index >= 15 is 0 Å². The lowest BCUT2D eigenvalue weighted by molar-refractivity contribution is 0.101. The van der Waals surface area contributed by atoms with E-state index in [1.165, 1.54) is 6.92 Å². The molecule has 0 fully saturated rings. The van der Waals surface area contributed by atoms with Gasteiger partial charge in [-0.3, -0.25) is 9.59 Å². The molecule has 0 saturated heterocycles. The second-order valence-corrected chi connectivity index (χ2v) is 4.01. The summed E-state index contributed by atoms with van der Waals surface area (Å²) in [6.07, 6.45) is 1.74. The molecule has 17 heavy (non-hydrogen) atoms. The number of rotatable bonds is 3. The minimum Gasteiger partial charge on any atom is -0.424 e. The predicted octanol–water partition coefficient (Wildman–Crippen LogP) is 2.39. The summed E-state index contributed by atoms with van der Waals surface area (Å²) in [7, 11) is 0. The Labute approximate surface area is 102 Å². The zero-order chi connectivity index (χ0) is 12.4. The highest BCUT2D eigenvalue weighted by molar-refractivity contribution is 7.94. The van der Waals surface area contributed by atoms with Crippen molar-refractivity contribution < 1.29 is 8.98 Å². The van der Waals surface area contributed by atoms with Crippen LogP contribution in [0.1, 0.15) is 17.3 Å². The molecule has 4 nitrogen and oxygen atoms in total. The Hall–Kier alpha value is -1.75. The fraction of sp³-hybridized carbons (Fsp3) is 0.167. The average molecular weight is 249 g/mol. The van der Waals surface area contributed by atoms with Crippen LogP contribution in [0, 0.1) is 0 Å². The van der Waals surface area contributed by atoms with Crippen LogP contribution in [0.15, 0.2) is 29.1 Å². The molecule has 2 rings (SSSR count). The molecular formula is C12H11NO3S. The minimum absolute atomic E-state index is 0.0676. The normalized spacial score (nSPS) is 10.5. The second-order valence-electron chi connectivity index (χ2n) is 3.51. The molecule has 0 unspecified atom stereocenters. The molecule has 0 spiro atoms. The van der Waals surface area contributed by atoms with Gasteiger partial charge in [-0.2, -0.15) is 0 Å². The Morgan fingerprint density at radius 2 is 2.06 bits per heavy atom. The van der Waals surface area contributed by atoms with Gasteiger partial charge in [-0.1, -0.05) is 12.1 Å². The molecule has 0 amide bonds. The number of fused-ring (bicyclic) bond motifs is 1. The van der Waals surface area contributed by atoms with E-state index in [-0.39, 0.29) is 11.3 Å². The van der Waals surface area contributed by atoms with Crippen molar-refractivity contribution in [2.24, 2.45) is 0 Å². The van der Waals surface area contributed by atoms with Gasteiger partial charge in [-0.25, -0.2) is 0 Å². The van der Waals surface area contributed by atoms with E-state index in [9.17, 15) is 9.59 Å². The maximum Gasteiger partial charge on any atom is 0.263 e. The first-order chi connectivity index (χ1) is 8.15. The molecule has 0 atom stereocenters. The van der Waals surface area contributed by atoms with Crippen LogP contribution >= 0.6 is 12.0 Å². The van der Waals surface area contributed by atoms with Crippen molar-refractivity contribution in [3.8, 4) is 5.75 Å². The van der Waals surface area contributed by atoms with E-state index in [0.29, 0.717) is 11.3 Å². The molecule has 1 aromatic heterocycles. The minimum atomic E-state index is -0.416. The first kappa shape index (κ1) is 11.7. The van der Waals surface area contributed by atoms with E-state index in [2.05, 4.69) is 4.98 Å². The van der Waals surface area contributed by atoms with Crippen molar-refractivity contribution in [2.45, 2.75) is 6.92 Å². The average Bonchev–Trinajstić information content (AvgIpc) is 2.28. The van der Waals surface area contributed by atoms with Crippen LogP contribution in [0.3, 0.4) is 0 Å². The van der Waals surface area contributed by atoms with Gasteiger partial charge in [0.15, 0.2) is 11.5 Å². The van der Waals surface area contributed by atoms with Crippen molar-refractivity contribution in [3.05, 3.63) is 40.2 Å². The van der Waals surface area contributed by atoms with E-state index in [4.69, 9.17) is 4.18 Å². The predicted molar refractivity (Wildman–Crippen MR) is 68.7 cm³/mol. The van der Waals surface area contributed by atoms with Crippen LogP contribution in [-0.4, -0.2) is 17.0 Å². The number of benzene rings is 1. The molecule has 0 bridgehead atoms. The van der Waals surface area contributed by atoms with Gasteiger partial charge in [-0.05, 0) is 19.1 Å². The quantitative estimate of drug-likeness (QED) is 0.670. The van der Waals surface area contributed by atoms with Gasteiger partial charge in [-0.15, -0.1) is 0 Å². The topological polar surface area (TPSA) is 59.2 Å². The Morgan fingerprint density at radius 3 is 2.71 bits per heavy atom. The number of H-pyrrole nitrogens is 1. The molecule has 0 aliphatic heterocycles. The van der Waals surface area contributed by atoms with E-state index in [1.54, 1.807) is 12.3 Å². The first-order valence-corrected chi connectivity index (χ1v) is 6.16. The van der Waals surface area contributed by atoms with Crippen molar-refractivity contribution in [3.63, 3.8) is 0 Å². The Bertz CT molecular complexity index is 633. The lowest BCUT2D eigenvalue weighted by atomic mass is 10.1. The zero-order valence-electron chi connectivity index (χ0n) is 9.44. The second kappa shape index (κ2) is 4.63. The summed E-state index contributed by atoms with van der Waals surface area (Å²) in [5, 5.41) is 0.728. The van der Waals surface area contributed by atoms with Gasteiger partial charge < -0.3 is 9.17 Å². The maximum absolute atomic E-state index is 11.8. The number of nitrogens with one attached hydrogen (secondary N) is 1. The van der Waals surface area contributed by atoms with Crippen LogP contribution in [0.2, 0.25) is 0 Å². The fourth-order valence-electron chi connectivity index (χ4n) is 1.70. The van der Waals surface area contributed by atoms with Crippen molar-refractivity contribution in [1.82, 2.24) is 4.98 Å². The van der Waals surface area contributed by atoms with Crippen molar-refractivity contribution in [1.29, 1.82) is 0 Å².